The van der Waals surface area contributed by atoms with Gasteiger partial charge in [0.2, 0.25) is 0 Å². The van der Waals surface area contributed by atoms with Gasteiger partial charge in [-0.3, -0.25) is 9.89 Å². The summed E-state index contributed by atoms with van der Waals surface area (Å²) in [5.41, 5.74) is 5.65. The highest BCUT2D eigenvalue weighted by Gasteiger charge is 2.10. The second-order valence-corrected chi connectivity index (χ2v) is 6.57. The van der Waals surface area contributed by atoms with Crippen molar-refractivity contribution in [3.8, 4) is 11.5 Å². The molecule has 0 atom stereocenters. The first-order valence-electron chi connectivity index (χ1n) is 7.88. The Bertz CT molecular complexity index is 926. The van der Waals surface area contributed by atoms with Crippen LogP contribution in [-0.4, -0.2) is 38.0 Å². The van der Waals surface area contributed by atoms with Crippen LogP contribution in [0.2, 0.25) is 0 Å². The Balaban J connectivity index is 1.56. The molecular formula is C17H18N6O2S. The van der Waals surface area contributed by atoms with Crippen LogP contribution in [0, 0.1) is 20.8 Å². The maximum atomic E-state index is 11.9. The fraction of sp³-hybridized carbons (Fsp3) is 0.235. The van der Waals surface area contributed by atoms with Crippen molar-refractivity contribution < 1.29 is 9.21 Å². The van der Waals surface area contributed by atoms with Crippen LogP contribution in [0.25, 0.3) is 11.5 Å². The fourth-order valence-corrected chi connectivity index (χ4v) is 3.00. The lowest BCUT2D eigenvalue weighted by atomic mass is 10.2. The van der Waals surface area contributed by atoms with Gasteiger partial charge in [-0.1, -0.05) is 11.8 Å². The summed E-state index contributed by atoms with van der Waals surface area (Å²) in [6.45, 7) is 5.66. The van der Waals surface area contributed by atoms with Crippen molar-refractivity contribution in [1.82, 2.24) is 25.6 Å². The molecule has 134 valence electrons. The molecule has 2 N–H and O–H groups in total. The molecular weight excluding hydrogens is 352 g/mol. The minimum Gasteiger partial charge on any atom is -0.460 e. The number of aromatic amines is 1. The summed E-state index contributed by atoms with van der Waals surface area (Å²) in [5.74, 6) is 1.40. The zero-order valence-electron chi connectivity index (χ0n) is 14.6. The minimum absolute atomic E-state index is 0.176. The standard InChI is InChI=1S/C17H18N6O2S/c1-10-6-11(2)21-17(20-10)26-9-15(24)22-18-7-13-8-19-23-16(13)14-5-4-12(3)25-14/h4-8H,9H2,1-3H3,(H,19,23)(H,22,24)/b18-7+. The molecule has 0 aromatic carbocycles. The van der Waals surface area contributed by atoms with E-state index in [2.05, 4.69) is 30.7 Å². The molecule has 26 heavy (non-hydrogen) atoms. The number of carbonyl (C=O) groups is 1. The van der Waals surface area contributed by atoms with E-state index in [1.165, 1.54) is 18.0 Å². The smallest absolute Gasteiger partial charge is 0.250 e. The quantitative estimate of drug-likeness (QED) is 0.299. The van der Waals surface area contributed by atoms with Gasteiger partial charge >= 0.3 is 0 Å². The van der Waals surface area contributed by atoms with E-state index in [1.54, 1.807) is 6.20 Å². The van der Waals surface area contributed by atoms with Crippen molar-refractivity contribution in [2.75, 3.05) is 5.75 Å². The lowest BCUT2D eigenvalue weighted by Gasteiger charge is -2.02. The summed E-state index contributed by atoms with van der Waals surface area (Å²) in [4.78, 5) is 20.5. The van der Waals surface area contributed by atoms with Crippen LogP contribution in [0.5, 0.6) is 0 Å². The molecule has 0 aliphatic rings. The third-order valence-corrected chi connectivity index (χ3v) is 4.19. The number of aryl methyl sites for hydroxylation is 3. The molecule has 0 saturated carbocycles. The van der Waals surface area contributed by atoms with E-state index in [-0.39, 0.29) is 11.7 Å². The van der Waals surface area contributed by atoms with Crippen LogP contribution in [0.3, 0.4) is 0 Å². The van der Waals surface area contributed by atoms with Gasteiger partial charge in [0, 0.05) is 17.0 Å². The number of thioether (sulfide) groups is 1. The number of H-pyrrole nitrogens is 1. The molecule has 8 nitrogen and oxygen atoms in total. The average Bonchev–Trinajstić information content (AvgIpc) is 3.21. The molecule has 0 saturated heterocycles. The third kappa shape index (κ3) is 4.57. The van der Waals surface area contributed by atoms with Gasteiger partial charge in [-0.25, -0.2) is 15.4 Å². The van der Waals surface area contributed by atoms with Crippen molar-refractivity contribution in [2.45, 2.75) is 25.9 Å². The van der Waals surface area contributed by atoms with Crippen molar-refractivity contribution >= 4 is 23.9 Å². The largest absolute Gasteiger partial charge is 0.460 e. The van der Waals surface area contributed by atoms with Crippen LogP contribution in [-0.2, 0) is 4.79 Å². The predicted octanol–water partition coefficient (Wildman–Crippen LogP) is 2.63. The topological polar surface area (TPSA) is 109 Å². The highest BCUT2D eigenvalue weighted by Crippen LogP contribution is 2.22. The second-order valence-electron chi connectivity index (χ2n) is 5.63. The Kier molecular flexibility index (Phi) is 5.47. The molecule has 0 bridgehead atoms. The highest BCUT2D eigenvalue weighted by atomic mass is 32.2. The molecule has 3 aromatic heterocycles. The third-order valence-electron chi connectivity index (χ3n) is 3.34. The number of carbonyl (C=O) groups excluding carboxylic acids is 1. The number of nitrogens with zero attached hydrogens (tertiary/aromatic N) is 4. The number of hydrogen-bond donors (Lipinski definition) is 2. The van der Waals surface area contributed by atoms with Gasteiger partial charge in [0.15, 0.2) is 10.9 Å². The lowest BCUT2D eigenvalue weighted by molar-refractivity contribution is -0.118. The monoisotopic (exact) mass is 370 g/mol. The number of rotatable bonds is 6. The van der Waals surface area contributed by atoms with Crippen molar-refractivity contribution in [3.63, 3.8) is 0 Å². The summed E-state index contributed by atoms with van der Waals surface area (Å²) in [5, 5.41) is 11.4. The number of aromatic nitrogens is 4. The van der Waals surface area contributed by atoms with Crippen LogP contribution in [0.1, 0.15) is 22.7 Å². The first-order chi connectivity index (χ1) is 12.5. The van der Waals surface area contributed by atoms with E-state index in [9.17, 15) is 4.79 Å². The first-order valence-corrected chi connectivity index (χ1v) is 8.87. The SMILES string of the molecule is Cc1cc(C)nc(SCC(=O)N/N=C/c2cn[nH]c2-c2ccc(C)o2)n1. The minimum atomic E-state index is -0.243. The zero-order valence-corrected chi connectivity index (χ0v) is 15.4. The van der Waals surface area contributed by atoms with Crippen molar-refractivity contribution in [2.24, 2.45) is 5.10 Å². The van der Waals surface area contributed by atoms with Crippen LogP contribution in [0.4, 0.5) is 0 Å². The molecule has 3 rings (SSSR count). The Hall–Kier alpha value is -2.94. The molecule has 0 fully saturated rings. The summed E-state index contributed by atoms with van der Waals surface area (Å²) in [6.07, 6.45) is 3.13. The van der Waals surface area contributed by atoms with Gasteiger partial charge in [-0.05, 0) is 39.0 Å². The van der Waals surface area contributed by atoms with Gasteiger partial charge in [0.05, 0.1) is 18.2 Å². The number of nitrogens with one attached hydrogen (secondary N) is 2. The number of hydrazone groups is 1. The summed E-state index contributed by atoms with van der Waals surface area (Å²) < 4.78 is 5.57. The van der Waals surface area contributed by atoms with E-state index in [0.29, 0.717) is 22.2 Å². The highest BCUT2D eigenvalue weighted by molar-refractivity contribution is 7.99. The van der Waals surface area contributed by atoms with Crippen molar-refractivity contribution in [1.29, 1.82) is 0 Å². The molecule has 0 aliphatic heterocycles. The van der Waals surface area contributed by atoms with Crippen LogP contribution < -0.4 is 5.43 Å². The Morgan fingerprint density at radius 1 is 1.31 bits per heavy atom. The van der Waals surface area contributed by atoms with Gasteiger partial charge in [-0.15, -0.1) is 0 Å². The van der Waals surface area contributed by atoms with E-state index >= 15 is 0 Å². The van der Waals surface area contributed by atoms with E-state index in [0.717, 1.165) is 17.1 Å². The van der Waals surface area contributed by atoms with Gasteiger partial charge < -0.3 is 4.42 Å². The van der Waals surface area contributed by atoms with E-state index in [4.69, 9.17) is 4.42 Å². The van der Waals surface area contributed by atoms with Gasteiger partial charge in [0.1, 0.15) is 11.5 Å². The Morgan fingerprint density at radius 2 is 2.08 bits per heavy atom. The Labute approximate surface area is 154 Å². The molecule has 3 aromatic rings. The van der Waals surface area contributed by atoms with Gasteiger partial charge in [0.25, 0.3) is 5.91 Å². The predicted molar refractivity (Wildman–Crippen MR) is 99.0 cm³/mol. The molecule has 0 unspecified atom stereocenters. The molecule has 0 aliphatic carbocycles. The maximum absolute atomic E-state index is 11.9. The summed E-state index contributed by atoms with van der Waals surface area (Å²) >= 11 is 1.27. The molecule has 0 radical (unpaired) electrons. The zero-order chi connectivity index (χ0) is 18.5. The van der Waals surface area contributed by atoms with Crippen LogP contribution in [0.15, 0.2) is 39.1 Å². The molecule has 1 amide bonds. The summed E-state index contributed by atoms with van der Waals surface area (Å²) in [6, 6.07) is 5.60. The van der Waals surface area contributed by atoms with E-state index in [1.807, 2.05) is 39.0 Å². The Morgan fingerprint density at radius 3 is 2.77 bits per heavy atom. The fourth-order valence-electron chi connectivity index (χ4n) is 2.25. The molecule has 3 heterocycles. The first kappa shape index (κ1) is 17.9. The molecule has 9 heteroatoms. The second kappa shape index (κ2) is 7.96. The summed E-state index contributed by atoms with van der Waals surface area (Å²) in [7, 11) is 0. The van der Waals surface area contributed by atoms with Gasteiger partial charge in [-0.2, -0.15) is 10.2 Å². The average molecular weight is 370 g/mol. The normalized spacial score (nSPS) is 11.2. The van der Waals surface area contributed by atoms with Crippen LogP contribution >= 0.6 is 11.8 Å². The lowest BCUT2D eigenvalue weighted by Crippen LogP contribution is -2.19. The number of amides is 1. The van der Waals surface area contributed by atoms with E-state index < -0.39 is 0 Å². The molecule has 0 spiro atoms. The number of hydrogen-bond acceptors (Lipinski definition) is 7. The van der Waals surface area contributed by atoms with Crippen molar-refractivity contribution in [3.05, 3.63) is 47.1 Å². The number of furan rings is 1. The maximum Gasteiger partial charge on any atom is 0.250 e.